The summed E-state index contributed by atoms with van der Waals surface area (Å²) < 4.78 is 42.0. The fraction of sp³-hybridized carbons (Fsp3) is 0.143. The van der Waals surface area contributed by atoms with Crippen LogP contribution in [0.4, 0.5) is 15.8 Å². The van der Waals surface area contributed by atoms with Crippen LogP contribution in [-0.4, -0.2) is 8.42 Å². The molecule has 0 aliphatic heterocycles. The Morgan fingerprint density at radius 3 is 2.52 bits per heavy atom. The lowest BCUT2D eigenvalue weighted by Gasteiger charge is -2.15. The Labute approximate surface area is 136 Å². The van der Waals surface area contributed by atoms with E-state index in [9.17, 15) is 12.8 Å². The molecule has 3 N–H and O–H groups in total. The molecule has 0 aliphatic rings. The van der Waals surface area contributed by atoms with Crippen LogP contribution in [0.15, 0.2) is 35.2 Å². The highest BCUT2D eigenvalue weighted by atomic mass is 127. The molecule has 0 amide bonds. The van der Waals surface area contributed by atoms with Crippen LogP contribution >= 0.6 is 22.6 Å². The lowest BCUT2D eigenvalue weighted by atomic mass is 10.1. The first-order valence-electron chi connectivity index (χ1n) is 6.06. The lowest BCUT2D eigenvalue weighted by Crippen LogP contribution is -2.17. The molecule has 0 saturated carbocycles. The van der Waals surface area contributed by atoms with Gasteiger partial charge in [0.1, 0.15) is 5.82 Å². The van der Waals surface area contributed by atoms with Crippen LogP contribution in [0, 0.1) is 23.2 Å². The standard InChI is InChI=1S/C14H14FIN2O2S/c1-8-6-12(15)13(17)9(2)14(8)21(19,20)18-11-5-3-4-10(16)7-11/h3-7,18H,17H2,1-2H3. The van der Waals surface area contributed by atoms with E-state index < -0.39 is 15.8 Å². The summed E-state index contributed by atoms with van der Waals surface area (Å²) in [4.78, 5) is 0.0141. The predicted molar refractivity (Wildman–Crippen MR) is 90.3 cm³/mol. The summed E-state index contributed by atoms with van der Waals surface area (Å²) in [5, 5.41) is 0. The quantitative estimate of drug-likeness (QED) is 0.591. The van der Waals surface area contributed by atoms with Crippen molar-refractivity contribution in [3.63, 3.8) is 0 Å². The van der Waals surface area contributed by atoms with Gasteiger partial charge in [-0.05, 0) is 71.8 Å². The van der Waals surface area contributed by atoms with E-state index in [-0.39, 0.29) is 16.1 Å². The second-order valence-corrected chi connectivity index (χ2v) is 7.52. The van der Waals surface area contributed by atoms with Gasteiger partial charge in [-0.3, -0.25) is 4.72 Å². The van der Waals surface area contributed by atoms with Crippen molar-refractivity contribution in [2.24, 2.45) is 0 Å². The zero-order valence-electron chi connectivity index (χ0n) is 11.4. The van der Waals surface area contributed by atoms with Gasteiger partial charge >= 0.3 is 0 Å². The Balaban J connectivity index is 2.53. The zero-order chi connectivity index (χ0) is 15.8. The molecule has 0 spiro atoms. The Morgan fingerprint density at radius 1 is 1.24 bits per heavy atom. The summed E-state index contributed by atoms with van der Waals surface area (Å²) in [7, 11) is -3.83. The lowest BCUT2D eigenvalue weighted by molar-refractivity contribution is 0.598. The fourth-order valence-electron chi connectivity index (χ4n) is 2.10. The van der Waals surface area contributed by atoms with E-state index >= 15 is 0 Å². The Bertz CT molecular complexity index is 807. The van der Waals surface area contributed by atoms with Crippen molar-refractivity contribution in [1.82, 2.24) is 0 Å². The number of rotatable bonds is 3. The maximum absolute atomic E-state index is 13.5. The van der Waals surface area contributed by atoms with Crippen LogP contribution in [0.2, 0.25) is 0 Å². The molecule has 0 saturated heterocycles. The third-order valence-corrected chi connectivity index (χ3v) is 5.39. The first-order valence-corrected chi connectivity index (χ1v) is 8.62. The third kappa shape index (κ3) is 3.29. The van der Waals surface area contributed by atoms with Crippen molar-refractivity contribution in [1.29, 1.82) is 0 Å². The molecule has 112 valence electrons. The molecule has 2 aromatic carbocycles. The molecule has 0 aliphatic carbocycles. The zero-order valence-corrected chi connectivity index (χ0v) is 14.4. The van der Waals surface area contributed by atoms with Gasteiger partial charge in [-0.15, -0.1) is 0 Å². The van der Waals surface area contributed by atoms with Gasteiger partial charge in [0.05, 0.1) is 10.6 Å². The number of nitrogens with one attached hydrogen (secondary N) is 1. The number of hydrogen-bond donors (Lipinski definition) is 2. The monoisotopic (exact) mass is 420 g/mol. The number of sulfonamides is 1. The summed E-state index contributed by atoms with van der Waals surface area (Å²) in [5.41, 5.74) is 6.43. The van der Waals surface area contributed by atoms with E-state index in [1.165, 1.54) is 6.92 Å². The van der Waals surface area contributed by atoms with E-state index in [2.05, 4.69) is 27.3 Å². The molecule has 0 heterocycles. The van der Waals surface area contributed by atoms with Crippen LogP contribution in [0.3, 0.4) is 0 Å². The predicted octanol–water partition coefficient (Wildman–Crippen LogP) is 3.43. The highest BCUT2D eigenvalue weighted by Gasteiger charge is 2.23. The summed E-state index contributed by atoms with van der Waals surface area (Å²) >= 11 is 2.09. The Kier molecular flexibility index (Phi) is 4.43. The maximum atomic E-state index is 13.5. The molecule has 4 nitrogen and oxygen atoms in total. The number of aryl methyl sites for hydroxylation is 1. The SMILES string of the molecule is Cc1cc(F)c(N)c(C)c1S(=O)(=O)Nc1cccc(I)c1. The minimum Gasteiger partial charge on any atom is -0.396 e. The molecule has 0 aromatic heterocycles. The smallest absolute Gasteiger partial charge is 0.262 e. The molecule has 2 rings (SSSR count). The van der Waals surface area contributed by atoms with Crippen LogP contribution in [-0.2, 0) is 10.0 Å². The topological polar surface area (TPSA) is 72.2 Å². The number of hydrogen-bond acceptors (Lipinski definition) is 3. The van der Waals surface area contributed by atoms with Crippen LogP contribution in [0.1, 0.15) is 11.1 Å². The number of halogens is 2. The molecular formula is C14H14FIN2O2S. The van der Waals surface area contributed by atoms with Crippen molar-refractivity contribution < 1.29 is 12.8 Å². The second kappa shape index (κ2) is 5.80. The van der Waals surface area contributed by atoms with Crippen molar-refractivity contribution in [3.05, 3.63) is 50.8 Å². The molecule has 21 heavy (non-hydrogen) atoms. The van der Waals surface area contributed by atoms with E-state index in [1.807, 2.05) is 6.07 Å². The Hall–Kier alpha value is -1.35. The number of benzene rings is 2. The molecule has 0 atom stereocenters. The van der Waals surface area contributed by atoms with Gasteiger partial charge in [-0.25, -0.2) is 12.8 Å². The van der Waals surface area contributed by atoms with E-state index in [4.69, 9.17) is 5.73 Å². The first-order chi connectivity index (χ1) is 9.72. The van der Waals surface area contributed by atoms with Gasteiger partial charge < -0.3 is 5.73 Å². The summed E-state index contributed by atoms with van der Waals surface area (Å²) in [6.45, 7) is 3.04. The number of nitrogens with two attached hydrogens (primary N) is 1. The van der Waals surface area contributed by atoms with Gasteiger partial charge in [0.25, 0.3) is 10.0 Å². The molecule has 0 bridgehead atoms. The highest BCUT2D eigenvalue weighted by Crippen LogP contribution is 2.29. The molecule has 2 aromatic rings. The molecular weight excluding hydrogens is 406 g/mol. The van der Waals surface area contributed by atoms with Crippen molar-refractivity contribution in [2.75, 3.05) is 10.5 Å². The minimum absolute atomic E-state index is 0.0141. The molecule has 0 radical (unpaired) electrons. The third-order valence-electron chi connectivity index (χ3n) is 3.05. The van der Waals surface area contributed by atoms with Crippen molar-refractivity contribution in [3.8, 4) is 0 Å². The molecule has 0 unspecified atom stereocenters. The van der Waals surface area contributed by atoms with Crippen molar-refractivity contribution in [2.45, 2.75) is 18.7 Å². The van der Waals surface area contributed by atoms with Crippen LogP contribution < -0.4 is 10.5 Å². The average Bonchev–Trinajstić information content (AvgIpc) is 2.35. The second-order valence-electron chi connectivity index (χ2n) is 4.66. The van der Waals surface area contributed by atoms with Gasteiger partial charge in [0.2, 0.25) is 0 Å². The molecule has 0 fully saturated rings. The first kappa shape index (κ1) is 16.0. The highest BCUT2D eigenvalue weighted by molar-refractivity contribution is 14.1. The number of nitrogen functional groups attached to an aromatic ring is 1. The Morgan fingerprint density at radius 2 is 1.90 bits per heavy atom. The largest absolute Gasteiger partial charge is 0.396 e. The maximum Gasteiger partial charge on any atom is 0.262 e. The van der Waals surface area contributed by atoms with E-state index in [0.717, 1.165) is 9.64 Å². The average molecular weight is 420 g/mol. The van der Waals surface area contributed by atoms with Crippen LogP contribution in [0.25, 0.3) is 0 Å². The molecule has 7 heteroatoms. The van der Waals surface area contributed by atoms with Crippen molar-refractivity contribution >= 4 is 44.0 Å². The summed E-state index contributed by atoms with van der Waals surface area (Å²) in [6, 6.07) is 8.08. The summed E-state index contributed by atoms with van der Waals surface area (Å²) in [6.07, 6.45) is 0. The fourth-order valence-corrected chi connectivity index (χ4v) is 4.18. The van der Waals surface area contributed by atoms with Gasteiger partial charge in [0, 0.05) is 9.26 Å². The van der Waals surface area contributed by atoms with E-state index in [1.54, 1.807) is 25.1 Å². The minimum atomic E-state index is -3.83. The normalized spacial score (nSPS) is 11.4. The summed E-state index contributed by atoms with van der Waals surface area (Å²) in [5.74, 6) is -0.613. The van der Waals surface area contributed by atoms with Gasteiger partial charge in [0.15, 0.2) is 0 Å². The van der Waals surface area contributed by atoms with Gasteiger partial charge in [-0.2, -0.15) is 0 Å². The van der Waals surface area contributed by atoms with E-state index in [0.29, 0.717) is 11.3 Å². The van der Waals surface area contributed by atoms with Gasteiger partial charge in [-0.1, -0.05) is 6.07 Å². The number of anilines is 2. The van der Waals surface area contributed by atoms with Crippen LogP contribution in [0.5, 0.6) is 0 Å².